The van der Waals surface area contributed by atoms with Crippen molar-refractivity contribution >= 4 is 0 Å². The van der Waals surface area contributed by atoms with E-state index in [-0.39, 0.29) is 5.54 Å². The van der Waals surface area contributed by atoms with Crippen LogP contribution in [-0.2, 0) is 0 Å². The van der Waals surface area contributed by atoms with Crippen molar-refractivity contribution in [1.29, 1.82) is 5.26 Å². The molecule has 3 nitrogen and oxygen atoms in total. The maximum Gasteiger partial charge on any atom is 0.109 e. The average Bonchev–Trinajstić information content (AvgIpc) is 2.81. The molecule has 2 fully saturated rings. The molecule has 1 N–H and O–H groups in total. The van der Waals surface area contributed by atoms with Crippen molar-refractivity contribution < 1.29 is 0 Å². The van der Waals surface area contributed by atoms with Gasteiger partial charge in [0, 0.05) is 0 Å². The Hall–Kier alpha value is -0.590. The maximum atomic E-state index is 9.40. The molecular formula is C14H25N3. The van der Waals surface area contributed by atoms with Gasteiger partial charge in [-0.15, -0.1) is 0 Å². The summed E-state index contributed by atoms with van der Waals surface area (Å²) in [7, 11) is 1.95. The fraction of sp³-hybridized carbons (Fsp3) is 0.929. The zero-order valence-corrected chi connectivity index (χ0v) is 11.0. The Labute approximate surface area is 105 Å². The molecule has 2 unspecified atom stereocenters. The highest BCUT2D eigenvalue weighted by atomic mass is 15.1. The molecule has 0 aromatic rings. The Morgan fingerprint density at radius 2 is 2.06 bits per heavy atom. The summed E-state index contributed by atoms with van der Waals surface area (Å²) in [5.41, 5.74) is -0.226. The molecule has 2 atom stereocenters. The molecule has 0 amide bonds. The van der Waals surface area contributed by atoms with Crippen molar-refractivity contribution in [2.24, 2.45) is 5.92 Å². The van der Waals surface area contributed by atoms with Crippen LogP contribution >= 0.6 is 0 Å². The number of nitrogens with zero attached hydrogens (tertiary/aromatic N) is 2. The van der Waals surface area contributed by atoms with Gasteiger partial charge in [0.25, 0.3) is 0 Å². The van der Waals surface area contributed by atoms with Crippen molar-refractivity contribution in [2.45, 2.75) is 50.5 Å². The first-order valence-electron chi connectivity index (χ1n) is 7.13. The summed E-state index contributed by atoms with van der Waals surface area (Å²) in [6, 6.07) is 2.54. The molecular weight excluding hydrogens is 210 g/mol. The first-order chi connectivity index (χ1) is 8.30. The third-order valence-electron chi connectivity index (χ3n) is 4.71. The molecule has 2 rings (SSSR count). The van der Waals surface area contributed by atoms with Gasteiger partial charge in [-0.2, -0.15) is 5.26 Å². The normalized spacial score (nSPS) is 34.7. The number of piperidine rings is 1. The van der Waals surface area contributed by atoms with Crippen LogP contribution in [0, 0.1) is 17.2 Å². The van der Waals surface area contributed by atoms with Crippen molar-refractivity contribution in [2.75, 3.05) is 26.7 Å². The van der Waals surface area contributed by atoms with Gasteiger partial charge in [0.1, 0.15) is 5.54 Å². The smallest absolute Gasteiger partial charge is 0.109 e. The van der Waals surface area contributed by atoms with Crippen molar-refractivity contribution in [3.05, 3.63) is 0 Å². The average molecular weight is 235 g/mol. The second kappa shape index (κ2) is 5.84. The van der Waals surface area contributed by atoms with Gasteiger partial charge in [-0.1, -0.05) is 12.8 Å². The van der Waals surface area contributed by atoms with E-state index in [2.05, 4.69) is 16.3 Å². The second-order valence-electron chi connectivity index (χ2n) is 5.61. The lowest BCUT2D eigenvalue weighted by Gasteiger charge is -2.32. The predicted octanol–water partition coefficient (Wildman–Crippen LogP) is 2.14. The minimum atomic E-state index is -0.226. The summed E-state index contributed by atoms with van der Waals surface area (Å²) in [4.78, 5) is 2.58. The zero-order chi connectivity index (χ0) is 12.1. The fourth-order valence-electron chi connectivity index (χ4n) is 3.52. The minimum absolute atomic E-state index is 0.226. The van der Waals surface area contributed by atoms with E-state index in [0.29, 0.717) is 5.92 Å². The quantitative estimate of drug-likeness (QED) is 0.811. The van der Waals surface area contributed by atoms with Gasteiger partial charge in [-0.05, 0) is 64.7 Å². The summed E-state index contributed by atoms with van der Waals surface area (Å²) in [5.74, 6) is 0.555. The van der Waals surface area contributed by atoms with Crippen LogP contribution in [0.15, 0.2) is 0 Å². The lowest BCUT2D eigenvalue weighted by atomic mass is 9.86. The molecule has 1 aliphatic heterocycles. The van der Waals surface area contributed by atoms with Gasteiger partial charge < -0.3 is 10.2 Å². The molecule has 0 radical (unpaired) electrons. The van der Waals surface area contributed by atoms with E-state index in [1.54, 1.807) is 0 Å². The van der Waals surface area contributed by atoms with Gasteiger partial charge >= 0.3 is 0 Å². The zero-order valence-electron chi connectivity index (χ0n) is 11.0. The van der Waals surface area contributed by atoms with Crippen molar-refractivity contribution in [3.8, 4) is 6.07 Å². The standard InChI is InChI=1S/C14H25N3/c1-16-14(12-15)8-5-6-13(14)7-11-17-9-3-2-4-10-17/h13,16H,2-11H2,1H3. The third kappa shape index (κ3) is 2.81. The lowest BCUT2D eigenvalue weighted by Crippen LogP contribution is -2.46. The van der Waals surface area contributed by atoms with Crippen LogP contribution in [0.3, 0.4) is 0 Å². The Kier molecular flexibility index (Phi) is 4.42. The van der Waals surface area contributed by atoms with E-state index in [4.69, 9.17) is 0 Å². The van der Waals surface area contributed by atoms with Gasteiger partial charge in [-0.25, -0.2) is 0 Å². The number of nitrogens with one attached hydrogen (secondary N) is 1. The Bertz CT molecular complexity index is 278. The highest BCUT2D eigenvalue weighted by Crippen LogP contribution is 2.37. The number of hydrogen-bond donors (Lipinski definition) is 1. The predicted molar refractivity (Wildman–Crippen MR) is 69.7 cm³/mol. The number of nitriles is 1. The molecule has 3 heteroatoms. The molecule has 2 aliphatic rings. The van der Waals surface area contributed by atoms with Crippen LogP contribution in [0.5, 0.6) is 0 Å². The Morgan fingerprint density at radius 1 is 1.29 bits per heavy atom. The van der Waals surface area contributed by atoms with Gasteiger partial charge in [0.05, 0.1) is 6.07 Å². The Balaban J connectivity index is 1.83. The first kappa shape index (κ1) is 12.9. The molecule has 1 saturated heterocycles. The summed E-state index contributed by atoms with van der Waals surface area (Å²) < 4.78 is 0. The summed E-state index contributed by atoms with van der Waals surface area (Å²) in [6.07, 6.45) is 8.78. The molecule has 1 aliphatic carbocycles. The van der Waals surface area contributed by atoms with Crippen LogP contribution in [0.25, 0.3) is 0 Å². The third-order valence-corrected chi connectivity index (χ3v) is 4.71. The van der Waals surface area contributed by atoms with Crippen LogP contribution in [0.4, 0.5) is 0 Å². The molecule has 0 aromatic heterocycles. The molecule has 0 bridgehead atoms. The van der Waals surface area contributed by atoms with Gasteiger partial charge in [-0.3, -0.25) is 0 Å². The summed E-state index contributed by atoms with van der Waals surface area (Å²) in [5, 5.41) is 12.7. The van der Waals surface area contributed by atoms with E-state index >= 15 is 0 Å². The maximum absolute atomic E-state index is 9.40. The highest BCUT2D eigenvalue weighted by Gasteiger charge is 2.41. The highest BCUT2D eigenvalue weighted by molar-refractivity contribution is 5.13. The summed E-state index contributed by atoms with van der Waals surface area (Å²) >= 11 is 0. The number of hydrogen-bond acceptors (Lipinski definition) is 3. The molecule has 1 heterocycles. The Morgan fingerprint density at radius 3 is 2.71 bits per heavy atom. The minimum Gasteiger partial charge on any atom is -0.303 e. The van der Waals surface area contributed by atoms with Crippen LogP contribution in [0.1, 0.15) is 44.9 Å². The monoisotopic (exact) mass is 235 g/mol. The number of rotatable bonds is 4. The molecule has 96 valence electrons. The molecule has 1 saturated carbocycles. The van der Waals surface area contributed by atoms with Crippen molar-refractivity contribution in [3.63, 3.8) is 0 Å². The van der Waals surface area contributed by atoms with E-state index in [0.717, 1.165) is 6.42 Å². The SMILES string of the molecule is CNC1(C#N)CCCC1CCN1CCCCC1. The van der Waals surface area contributed by atoms with E-state index < -0.39 is 0 Å². The molecule has 0 spiro atoms. The summed E-state index contributed by atoms with van der Waals surface area (Å²) in [6.45, 7) is 3.73. The van der Waals surface area contributed by atoms with E-state index in [9.17, 15) is 5.26 Å². The first-order valence-corrected chi connectivity index (χ1v) is 7.13. The van der Waals surface area contributed by atoms with Crippen LogP contribution in [-0.4, -0.2) is 37.1 Å². The van der Waals surface area contributed by atoms with E-state index in [1.165, 1.54) is 58.2 Å². The van der Waals surface area contributed by atoms with Crippen LogP contribution in [0.2, 0.25) is 0 Å². The second-order valence-corrected chi connectivity index (χ2v) is 5.61. The fourth-order valence-corrected chi connectivity index (χ4v) is 3.52. The topological polar surface area (TPSA) is 39.1 Å². The van der Waals surface area contributed by atoms with Gasteiger partial charge in [0.15, 0.2) is 0 Å². The lowest BCUT2D eigenvalue weighted by molar-refractivity contribution is 0.198. The molecule has 0 aromatic carbocycles. The van der Waals surface area contributed by atoms with Crippen LogP contribution < -0.4 is 5.32 Å². The molecule has 17 heavy (non-hydrogen) atoms. The largest absolute Gasteiger partial charge is 0.303 e. The van der Waals surface area contributed by atoms with E-state index in [1.807, 2.05) is 7.05 Å². The van der Waals surface area contributed by atoms with Gasteiger partial charge in [0.2, 0.25) is 0 Å². The number of likely N-dealkylation sites (tertiary alicyclic amines) is 1. The van der Waals surface area contributed by atoms with Crippen molar-refractivity contribution in [1.82, 2.24) is 10.2 Å².